The van der Waals surface area contributed by atoms with Crippen molar-refractivity contribution in [1.29, 1.82) is 0 Å². The molecular formula is C14H15NO4S2. The van der Waals surface area contributed by atoms with Gasteiger partial charge in [-0.05, 0) is 43.5 Å². The number of rotatable bonds is 4. The van der Waals surface area contributed by atoms with E-state index in [2.05, 4.69) is 4.72 Å². The topological polar surface area (TPSA) is 83.5 Å². The van der Waals surface area contributed by atoms with Crippen LogP contribution in [0.4, 0.5) is 5.69 Å². The Morgan fingerprint density at radius 3 is 2.19 bits per heavy atom. The van der Waals surface area contributed by atoms with Crippen LogP contribution in [-0.4, -0.2) is 19.5 Å². The molecule has 2 N–H and O–H groups in total. The fraction of sp³-hybridized carbons (Fsp3) is 0.214. The van der Waals surface area contributed by atoms with Gasteiger partial charge in [0.1, 0.15) is 9.09 Å². The molecule has 1 aromatic heterocycles. The number of aromatic carboxylic acids is 1. The molecule has 0 saturated heterocycles. The molecule has 0 saturated carbocycles. The number of anilines is 1. The maximum absolute atomic E-state index is 12.4. The second kappa shape index (κ2) is 5.50. The molecule has 0 aliphatic heterocycles. The van der Waals surface area contributed by atoms with Gasteiger partial charge in [-0.3, -0.25) is 4.72 Å². The van der Waals surface area contributed by atoms with Gasteiger partial charge in [0, 0.05) is 0 Å². The van der Waals surface area contributed by atoms with Gasteiger partial charge in [0.25, 0.3) is 10.0 Å². The van der Waals surface area contributed by atoms with Crippen LogP contribution in [0.25, 0.3) is 0 Å². The van der Waals surface area contributed by atoms with Crippen LogP contribution in [0, 0.1) is 20.8 Å². The highest BCUT2D eigenvalue weighted by molar-refractivity contribution is 7.94. The zero-order valence-electron chi connectivity index (χ0n) is 11.8. The number of hydrogen-bond donors (Lipinski definition) is 2. The number of carboxylic acid groups (broad SMARTS) is 1. The Hall–Kier alpha value is -1.86. The average Bonchev–Trinajstić information content (AvgIpc) is 2.77. The van der Waals surface area contributed by atoms with Gasteiger partial charge in [0.15, 0.2) is 0 Å². The first-order valence-corrected chi connectivity index (χ1v) is 8.45. The molecule has 0 bridgehead atoms. The van der Waals surface area contributed by atoms with Gasteiger partial charge in [0.2, 0.25) is 0 Å². The molecule has 2 rings (SSSR count). The van der Waals surface area contributed by atoms with Crippen LogP contribution < -0.4 is 4.72 Å². The van der Waals surface area contributed by atoms with Gasteiger partial charge in [-0.2, -0.15) is 0 Å². The molecule has 5 nitrogen and oxygen atoms in total. The van der Waals surface area contributed by atoms with E-state index in [1.54, 1.807) is 6.92 Å². The maximum Gasteiger partial charge on any atom is 0.346 e. The first kappa shape index (κ1) is 15.5. The summed E-state index contributed by atoms with van der Waals surface area (Å²) in [5.74, 6) is -1.12. The highest BCUT2D eigenvalue weighted by Crippen LogP contribution is 2.29. The lowest BCUT2D eigenvalue weighted by Gasteiger charge is -2.11. The standard InChI is InChI=1S/C14H15NO4S2/c1-8-5-4-6-9(2)12(8)15-21(18,19)11-7-10(3)13(20-11)14(16)17/h4-7,15H,1-3H3,(H,16,17). The van der Waals surface area contributed by atoms with Crippen molar-refractivity contribution in [2.45, 2.75) is 25.0 Å². The zero-order valence-corrected chi connectivity index (χ0v) is 13.4. The number of sulfonamides is 1. The molecule has 0 radical (unpaired) electrons. The number of aryl methyl sites for hydroxylation is 3. The molecule has 1 aromatic carbocycles. The lowest BCUT2D eigenvalue weighted by molar-refractivity contribution is 0.0701. The third-order valence-electron chi connectivity index (χ3n) is 3.07. The Kier molecular flexibility index (Phi) is 4.06. The van der Waals surface area contributed by atoms with E-state index in [9.17, 15) is 13.2 Å². The summed E-state index contributed by atoms with van der Waals surface area (Å²) in [5.41, 5.74) is 2.59. The molecule has 0 fully saturated rings. The minimum atomic E-state index is -3.79. The van der Waals surface area contributed by atoms with E-state index in [4.69, 9.17) is 5.11 Å². The summed E-state index contributed by atoms with van der Waals surface area (Å²) in [5, 5.41) is 9.02. The molecular weight excluding hydrogens is 310 g/mol. The number of benzene rings is 1. The fourth-order valence-electron chi connectivity index (χ4n) is 1.96. The Balaban J connectivity index is 2.44. The molecule has 7 heteroatoms. The van der Waals surface area contributed by atoms with Crippen LogP contribution in [0.1, 0.15) is 26.4 Å². The Labute approximate surface area is 127 Å². The summed E-state index contributed by atoms with van der Waals surface area (Å²) in [7, 11) is -3.79. The Morgan fingerprint density at radius 1 is 1.14 bits per heavy atom. The van der Waals surface area contributed by atoms with Gasteiger partial charge >= 0.3 is 5.97 Å². The summed E-state index contributed by atoms with van der Waals surface area (Å²) in [6.07, 6.45) is 0. The molecule has 1 heterocycles. The van der Waals surface area contributed by atoms with Gasteiger partial charge in [-0.25, -0.2) is 13.2 Å². The van der Waals surface area contributed by atoms with Crippen molar-refractivity contribution in [3.8, 4) is 0 Å². The largest absolute Gasteiger partial charge is 0.477 e. The van der Waals surface area contributed by atoms with Gasteiger partial charge < -0.3 is 5.11 Å². The summed E-state index contributed by atoms with van der Waals surface area (Å²) >= 11 is 0.756. The van der Waals surface area contributed by atoms with Crippen LogP contribution in [0.3, 0.4) is 0 Å². The number of carboxylic acids is 1. The highest BCUT2D eigenvalue weighted by Gasteiger charge is 2.22. The smallest absolute Gasteiger partial charge is 0.346 e. The second-order valence-electron chi connectivity index (χ2n) is 4.76. The Bertz CT molecular complexity index is 786. The number of carbonyl (C=O) groups is 1. The van der Waals surface area contributed by atoms with E-state index in [1.165, 1.54) is 6.07 Å². The van der Waals surface area contributed by atoms with Crippen molar-refractivity contribution in [3.63, 3.8) is 0 Å². The zero-order chi connectivity index (χ0) is 15.8. The van der Waals surface area contributed by atoms with E-state index < -0.39 is 16.0 Å². The van der Waals surface area contributed by atoms with Crippen LogP contribution >= 0.6 is 11.3 Å². The molecule has 112 valence electrons. The van der Waals surface area contributed by atoms with Crippen molar-refractivity contribution in [1.82, 2.24) is 0 Å². The third kappa shape index (κ3) is 3.08. The molecule has 2 aromatic rings. The Morgan fingerprint density at radius 2 is 1.71 bits per heavy atom. The number of hydrogen-bond acceptors (Lipinski definition) is 4. The average molecular weight is 325 g/mol. The van der Waals surface area contributed by atoms with Crippen molar-refractivity contribution < 1.29 is 18.3 Å². The predicted octanol–water partition coefficient (Wildman–Crippen LogP) is 3.17. The molecule has 0 aliphatic carbocycles. The van der Waals surface area contributed by atoms with E-state index in [-0.39, 0.29) is 9.09 Å². The van der Waals surface area contributed by atoms with Crippen LogP contribution in [0.2, 0.25) is 0 Å². The molecule has 0 spiro atoms. The lowest BCUT2D eigenvalue weighted by Crippen LogP contribution is -2.13. The number of para-hydroxylation sites is 1. The highest BCUT2D eigenvalue weighted by atomic mass is 32.2. The van der Waals surface area contributed by atoms with Gasteiger partial charge in [0.05, 0.1) is 5.69 Å². The van der Waals surface area contributed by atoms with Crippen molar-refractivity contribution in [2.24, 2.45) is 0 Å². The summed E-state index contributed by atoms with van der Waals surface area (Å²) in [6.45, 7) is 5.21. The second-order valence-corrected chi connectivity index (χ2v) is 7.72. The first-order chi connectivity index (χ1) is 9.72. The summed E-state index contributed by atoms with van der Waals surface area (Å²) in [6, 6.07) is 6.85. The van der Waals surface area contributed by atoms with E-state index in [0.717, 1.165) is 22.5 Å². The maximum atomic E-state index is 12.4. The van der Waals surface area contributed by atoms with Crippen LogP contribution in [0.15, 0.2) is 28.5 Å². The van der Waals surface area contributed by atoms with Gasteiger partial charge in [-0.1, -0.05) is 18.2 Å². The summed E-state index contributed by atoms with van der Waals surface area (Å²) in [4.78, 5) is 11.1. The predicted molar refractivity (Wildman–Crippen MR) is 82.7 cm³/mol. The minimum Gasteiger partial charge on any atom is -0.477 e. The van der Waals surface area contributed by atoms with E-state index in [1.807, 2.05) is 32.0 Å². The van der Waals surface area contributed by atoms with Crippen molar-refractivity contribution in [2.75, 3.05) is 4.72 Å². The molecule has 0 unspecified atom stereocenters. The SMILES string of the molecule is Cc1cc(S(=O)(=O)Nc2c(C)cccc2C)sc1C(=O)O. The molecule has 0 atom stereocenters. The van der Waals surface area contributed by atoms with Crippen molar-refractivity contribution in [3.05, 3.63) is 45.8 Å². The normalized spacial score (nSPS) is 11.4. The molecule has 0 amide bonds. The lowest BCUT2D eigenvalue weighted by atomic mass is 10.1. The van der Waals surface area contributed by atoms with E-state index in [0.29, 0.717) is 11.3 Å². The minimum absolute atomic E-state index is 0.0000491. The number of nitrogens with one attached hydrogen (secondary N) is 1. The van der Waals surface area contributed by atoms with Crippen LogP contribution in [0.5, 0.6) is 0 Å². The molecule has 0 aliphatic rings. The van der Waals surface area contributed by atoms with Gasteiger partial charge in [-0.15, -0.1) is 11.3 Å². The van der Waals surface area contributed by atoms with E-state index >= 15 is 0 Å². The molecule has 21 heavy (non-hydrogen) atoms. The first-order valence-electron chi connectivity index (χ1n) is 6.15. The number of thiophene rings is 1. The van der Waals surface area contributed by atoms with Crippen LogP contribution in [-0.2, 0) is 10.0 Å². The van der Waals surface area contributed by atoms with Crippen molar-refractivity contribution >= 4 is 33.0 Å². The quantitative estimate of drug-likeness (QED) is 0.904. The fourth-order valence-corrected chi connectivity index (χ4v) is 4.54. The monoisotopic (exact) mass is 325 g/mol. The third-order valence-corrected chi connectivity index (χ3v) is 6.12. The summed E-state index contributed by atoms with van der Waals surface area (Å²) < 4.78 is 27.3.